The van der Waals surface area contributed by atoms with Crippen molar-refractivity contribution in [1.82, 2.24) is 19.9 Å². The summed E-state index contributed by atoms with van der Waals surface area (Å²) in [6, 6.07) is 20.4. The molecule has 1 aliphatic heterocycles. The van der Waals surface area contributed by atoms with Gasteiger partial charge in [-0.1, -0.05) is 98.0 Å². The molecule has 0 radical (unpaired) electrons. The van der Waals surface area contributed by atoms with Gasteiger partial charge in [-0.3, -0.25) is 4.79 Å². The Hall–Kier alpha value is -2.95. The number of hydrogen-bond acceptors (Lipinski definition) is 3. The van der Waals surface area contributed by atoms with E-state index in [-0.39, 0.29) is 11.9 Å². The summed E-state index contributed by atoms with van der Waals surface area (Å²) >= 11 is 0. The molecule has 0 spiro atoms. The van der Waals surface area contributed by atoms with Crippen molar-refractivity contribution in [3.8, 4) is 0 Å². The van der Waals surface area contributed by atoms with E-state index in [0.29, 0.717) is 11.6 Å². The summed E-state index contributed by atoms with van der Waals surface area (Å²) in [5, 5.41) is 8.68. The molecular formula is C26H30N4O. The number of hydrogen-bond donors (Lipinski definition) is 0. The fourth-order valence-corrected chi connectivity index (χ4v) is 5.39. The van der Waals surface area contributed by atoms with Gasteiger partial charge in [0.1, 0.15) is 6.04 Å². The summed E-state index contributed by atoms with van der Waals surface area (Å²) in [6.45, 7) is 1.71. The van der Waals surface area contributed by atoms with Crippen LogP contribution in [-0.2, 0) is 0 Å². The van der Waals surface area contributed by atoms with Gasteiger partial charge in [-0.15, -0.1) is 5.10 Å². The van der Waals surface area contributed by atoms with Crippen LogP contribution in [0.4, 0.5) is 0 Å². The van der Waals surface area contributed by atoms with E-state index in [1.54, 1.807) is 0 Å². The molecule has 1 saturated carbocycles. The Bertz CT molecular complexity index is 955. The third-order valence-electron chi connectivity index (χ3n) is 7.05. The minimum atomic E-state index is -0.106. The molecule has 1 aliphatic carbocycles. The largest absolute Gasteiger partial charge is 0.337 e. The lowest BCUT2D eigenvalue weighted by Gasteiger charge is -2.27. The summed E-state index contributed by atoms with van der Waals surface area (Å²) in [4.78, 5) is 15.2. The third kappa shape index (κ3) is 4.27. The predicted molar refractivity (Wildman–Crippen MR) is 121 cm³/mol. The van der Waals surface area contributed by atoms with Crippen molar-refractivity contribution in [2.75, 3.05) is 13.1 Å². The van der Waals surface area contributed by atoms with Gasteiger partial charge in [0.15, 0.2) is 5.69 Å². The highest BCUT2D eigenvalue weighted by atomic mass is 16.2. The third-order valence-corrected chi connectivity index (χ3v) is 7.05. The van der Waals surface area contributed by atoms with Crippen LogP contribution in [0.3, 0.4) is 0 Å². The SMILES string of the molecule is O=C(c1cn(C(c2ccccc2)c2ccccc2)nn1)N1CCC(C2CCCCC2)C1. The van der Waals surface area contributed by atoms with Crippen LogP contribution >= 0.6 is 0 Å². The summed E-state index contributed by atoms with van der Waals surface area (Å²) < 4.78 is 1.83. The quantitative estimate of drug-likeness (QED) is 0.593. The number of carbonyl (C=O) groups is 1. The number of nitrogens with zero attached hydrogens (tertiary/aromatic N) is 4. The topological polar surface area (TPSA) is 51.0 Å². The summed E-state index contributed by atoms with van der Waals surface area (Å²) in [7, 11) is 0. The second-order valence-electron chi connectivity index (χ2n) is 9.01. The molecule has 1 aromatic heterocycles. The van der Waals surface area contributed by atoms with Crippen LogP contribution in [0.2, 0.25) is 0 Å². The van der Waals surface area contributed by atoms with E-state index in [0.717, 1.165) is 36.6 Å². The number of rotatable bonds is 5. The number of aromatic nitrogens is 3. The molecule has 1 amide bonds. The highest BCUT2D eigenvalue weighted by Crippen LogP contribution is 2.35. The van der Waals surface area contributed by atoms with Crippen LogP contribution in [0.5, 0.6) is 0 Å². The zero-order chi connectivity index (χ0) is 21.0. The van der Waals surface area contributed by atoms with Gasteiger partial charge in [-0.25, -0.2) is 4.68 Å². The van der Waals surface area contributed by atoms with E-state index in [1.807, 2.05) is 52.2 Å². The lowest BCUT2D eigenvalue weighted by molar-refractivity contribution is 0.0773. The van der Waals surface area contributed by atoms with Crippen molar-refractivity contribution in [2.24, 2.45) is 11.8 Å². The van der Waals surface area contributed by atoms with Gasteiger partial charge in [0.05, 0.1) is 6.20 Å². The Labute approximate surface area is 184 Å². The normalized spacial score (nSPS) is 19.8. The van der Waals surface area contributed by atoms with E-state index in [2.05, 4.69) is 34.6 Å². The summed E-state index contributed by atoms with van der Waals surface area (Å²) in [5.41, 5.74) is 2.69. The zero-order valence-electron chi connectivity index (χ0n) is 17.9. The lowest BCUT2D eigenvalue weighted by Crippen LogP contribution is -2.30. The van der Waals surface area contributed by atoms with E-state index in [4.69, 9.17) is 0 Å². The molecule has 160 valence electrons. The van der Waals surface area contributed by atoms with Crippen LogP contribution in [0.1, 0.15) is 66.2 Å². The lowest BCUT2D eigenvalue weighted by atomic mass is 9.80. The van der Waals surface area contributed by atoms with E-state index >= 15 is 0 Å². The van der Waals surface area contributed by atoms with Gasteiger partial charge in [0, 0.05) is 13.1 Å². The van der Waals surface area contributed by atoms with Crippen LogP contribution in [0.15, 0.2) is 66.9 Å². The first-order valence-corrected chi connectivity index (χ1v) is 11.6. The molecule has 2 aliphatic rings. The molecule has 0 N–H and O–H groups in total. The Morgan fingerprint density at radius 1 is 0.839 bits per heavy atom. The van der Waals surface area contributed by atoms with Crippen molar-refractivity contribution >= 4 is 5.91 Å². The molecule has 2 fully saturated rings. The minimum Gasteiger partial charge on any atom is -0.337 e. The van der Waals surface area contributed by atoms with Crippen LogP contribution in [0.25, 0.3) is 0 Å². The van der Waals surface area contributed by atoms with Crippen molar-refractivity contribution < 1.29 is 4.79 Å². The molecule has 2 aromatic carbocycles. The molecule has 1 saturated heterocycles. The fourth-order valence-electron chi connectivity index (χ4n) is 5.39. The van der Waals surface area contributed by atoms with Gasteiger partial charge in [-0.05, 0) is 29.4 Å². The maximum Gasteiger partial charge on any atom is 0.276 e. The van der Waals surface area contributed by atoms with Crippen LogP contribution in [-0.4, -0.2) is 38.9 Å². The second-order valence-corrected chi connectivity index (χ2v) is 9.01. The maximum atomic E-state index is 13.2. The van der Waals surface area contributed by atoms with Crippen LogP contribution in [0, 0.1) is 11.8 Å². The smallest absolute Gasteiger partial charge is 0.276 e. The first-order chi connectivity index (χ1) is 15.3. The predicted octanol–water partition coefficient (Wildman–Crippen LogP) is 4.96. The Morgan fingerprint density at radius 2 is 1.48 bits per heavy atom. The Kier molecular flexibility index (Phi) is 5.83. The Morgan fingerprint density at radius 3 is 2.13 bits per heavy atom. The molecule has 3 aromatic rings. The molecule has 0 bridgehead atoms. The van der Waals surface area contributed by atoms with Crippen molar-refractivity contribution in [3.63, 3.8) is 0 Å². The molecule has 5 nitrogen and oxygen atoms in total. The van der Waals surface area contributed by atoms with E-state index in [1.165, 1.54) is 32.1 Å². The summed E-state index contributed by atoms with van der Waals surface area (Å²) in [6.07, 6.45) is 9.69. The zero-order valence-corrected chi connectivity index (χ0v) is 17.9. The number of carbonyl (C=O) groups excluding carboxylic acids is 1. The average Bonchev–Trinajstić information content (AvgIpc) is 3.52. The number of amides is 1. The van der Waals surface area contributed by atoms with Gasteiger partial charge in [0.25, 0.3) is 5.91 Å². The second kappa shape index (κ2) is 9.04. The molecular weight excluding hydrogens is 384 g/mol. The van der Waals surface area contributed by atoms with Gasteiger partial charge >= 0.3 is 0 Å². The summed E-state index contributed by atoms with van der Waals surface area (Å²) in [5.74, 6) is 1.47. The van der Waals surface area contributed by atoms with Crippen molar-refractivity contribution in [2.45, 2.75) is 44.6 Å². The number of benzene rings is 2. The highest BCUT2D eigenvalue weighted by Gasteiger charge is 2.33. The monoisotopic (exact) mass is 414 g/mol. The van der Waals surface area contributed by atoms with Crippen molar-refractivity contribution in [1.29, 1.82) is 0 Å². The highest BCUT2D eigenvalue weighted by molar-refractivity contribution is 5.92. The average molecular weight is 415 g/mol. The maximum absolute atomic E-state index is 13.2. The first kappa shape index (κ1) is 20.0. The molecule has 1 atom stereocenters. The first-order valence-electron chi connectivity index (χ1n) is 11.6. The standard InChI is InChI=1S/C26H30N4O/c31-26(29-17-16-23(18-29)20-10-4-1-5-11-20)24-19-30(28-27-24)25(21-12-6-2-7-13-21)22-14-8-3-9-15-22/h2-3,6-9,12-15,19-20,23,25H,1,4-5,10-11,16-18H2. The molecule has 1 unspecified atom stereocenters. The van der Waals surface area contributed by atoms with Crippen molar-refractivity contribution in [3.05, 3.63) is 83.7 Å². The van der Waals surface area contributed by atoms with E-state index < -0.39 is 0 Å². The molecule has 5 rings (SSSR count). The van der Waals surface area contributed by atoms with E-state index in [9.17, 15) is 4.79 Å². The molecule has 31 heavy (non-hydrogen) atoms. The van der Waals surface area contributed by atoms with Gasteiger partial charge in [0.2, 0.25) is 0 Å². The molecule has 5 heteroatoms. The fraction of sp³-hybridized carbons (Fsp3) is 0.423. The van der Waals surface area contributed by atoms with Gasteiger partial charge in [-0.2, -0.15) is 0 Å². The molecule has 2 heterocycles. The van der Waals surface area contributed by atoms with Gasteiger partial charge < -0.3 is 4.90 Å². The number of likely N-dealkylation sites (tertiary alicyclic amines) is 1. The van der Waals surface area contributed by atoms with Crippen LogP contribution < -0.4 is 0 Å². The minimum absolute atomic E-state index is 0.0180. The Balaban J connectivity index is 1.35.